The average molecular weight is 197 g/mol. The van der Waals surface area contributed by atoms with Crippen molar-refractivity contribution in [2.75, 3.05) is 5.32 Å². The minimum absolute atomic E-state index is 0.0215. The van der Waals surface area contributed by atoms with Crippen molar-refractivity contribution in [2.45, 2.75) is 13.3 Å². The predicted octanol–water partition coefficient (Wildman–Crippen LogP) is 0.467. The van der Waals surface area contributed by atoms with Crippen LogP contribution in [0.1, 0.15) is 23.8 Å². The van der Waals surface area contributed by atoms with E-state index >= 15 is 0 Å². The van der Waals surface area contributed by atoms with Gasteiger partial charge >= 0.3 is 5.97 Å². The highest BCUT2D eigenvalue weighted by atomic mass is 16.4. The highest BCUT2D eigenvalue weighted by Gasteiger charge is 2.16. The summed E-state index contributed by atoms with van der Waals surface area (Å²) in [7, 11) is 1.51. The summed E-state index contributed by atoms with van der Waals surface area (Å²) < 4.78 is 1.20. The van der Waals surface area contributed by atoms with Crippen molar-refractivity contribution in [3.8, 4) is 0 Å². The molecule has 14 heavy (non-hydrogen) atoms. The van der Waals surface area contributed by atoms with Gasteiger partial charge in [-0.15, -0.1) is 0 Å². The van der Waals surface area contributed by atoms with E-state index < -0.39 is 5.97 Å². The van der Waals surface area contributed by atoms with Crippen molar-refractivity contribution in [3.63, 3.8) is 0 Å². The number of carboxylic acid groups (broad SMARTS) is 1. The summed E-state index contributed by atoms with van der Waals surface area (Å²) in [4.78, 5) is 21.8. The molecule has 0 fully saturated rings. The number of amides is 1. The minimum atomic E-state index is -1.11. The minimum Gasteiger partial charge on any atom is -0.476 e. The molecule has 6 nitrogen and oxygen atoms in total. The fourth-order valence-electron chi connectivity index (χ4n) is 1.02. The van der Waals surface area contributed by atoms with Crippen LogP contribution in [0.4, 0.5) is 5.69 Å². The van der Waals surface area contributed by atoms with E-state index in [4.69, 9.17) is 5.11 Å². The molecule has 1 rings (SSSR count). The Morgan fingerprint density at radius 1 is 1.64 bits per heavy atom. The van der Waals surface area contributed by atoms with E-state index in [9.17, 15) is 9.59 Å². The number of aromatic carboxylic acids is 1. The van der Waals surface area contributed by atoms with Crippen LogP contribution in [0, 0.1) is 0 Å². The highest BCUT2D eigenvalue weighted by Crippen LogP contribution is 2.13. The standard InChI is InChI=1S/C8H11N3O3/c1-3-6(12)10-5-4-9-11(2)7(5)8(13)14/h4H,3H2,1-2H3,(H,10,12)(H,13,14). The van der Waals surface area contributed by atoms with Crippen LogP contribution in [-0.4, -0.2) is 26.8 Å². The normalized spacial score (nSPS) is 9.86. The van der Waals surface area contributed by atoms with E-state index in [0.717, 1.165) is 0 Å². The summed E-state index contributed by atoms with van der Waals surface area (Å²) in [6.07, 6.45) is 1.62. The largest absolute Gasteiger partial charge is 0.476 e. The maximum Gasteiger partial charge on any atom is 0.356 e. The van der Waals surface area contributed by atoms with Gasteiger partial charge < -0.3 is 10.4 Å². The zero-order chi connectivity index (χ0) is 10.7. The van der Waals surface area contributed by atoms with E-state index in [1.54, 1.807) is 6.92 Å². The molecule has 0 aliphatic rings. The first-order chi connectivity index (χ1) is 6.56. The lowest BCUT2D eigenvalue weighted by atomic mass is 10.3. The lowest BCUT2D eigenvalue weighted by Gasteiger charge is -2.02. The predicted molar refractivity (Wildman–Crippen MR) is 49.1 cm³/mol. The first-order valence-electron chi connectivity index (χ1n) is 4.11. The Labute approximate surface area is 80.5 Å². The molecule has 1 aromatic heterocycles. The molecule has 2 N–H and O–H groups in total. The van der Waals surface area contributed by atoms with E-state index in [-0.39, 0.29) is 17.3 Å². The molecule has 1 aromatic rings. The maximum absolute atomic E-state index is 11.0. The Bertz CT molecular complexity index is 370. The lowest BCUT2D eigenvalue weighted by Crippen LogP contribution is -2.14. The van der Waals surface area contributed by atoms with E-state index in [1.165, 1.54) is 17.9 Å². The molecule has 0 saturated carbocycles. The number of nitrogens with zero attached hydrogens (tertiary/aromatic N) is 2. The molecule has 0 radical (unpaired) electrons. The Morgan fingerprint density at radius 3 is 2.79 bits per heavy atom. The first kappa shape index (κ1) is 10.2. The highest BCUT2D eigenvalue weighted by molar-refractivity contribution is 5.99. The van der Waals surface area contributed by atoms with Crippen LogP contribution < -0.4 is 5.32 Å². The third-order valence-electron chi connectivity index (χ3n) is 1.74. The van der Waals surface area contributed by atoms with Crippen molar-refractivity contribution >= 4 is 17.6 Å². The van der Waals surface area contributed by atoms with Crippen LogP contribution in [0.2, 0.25) is 0 Å². The number of hydrogen-bond donors (Lipinski definition) is 2. The number of aryl methyl sites for hydroxylation is 1. The quantitative estimate of drug-likeness (QED) is 0.737. The fourth-order valence-corrected chi connectivity index (χ4v) is 1.02. The molecule has 0 atom stereocenters. The van der Waals surface area contributed by atoms with Gasteiger partial charge in [0.1, 0.15) is 0 Å². The van der Waals surface area contributed by atoms with Crippen molar-refractivity contribution in [1.29, 1.82) is 0 Å². The van der Waals surface area contributed by atoms with Crippen molar-refractivity contribution in [3.05, 3.63) is 11.9 Å². The Balaban J connectivity index is 2.98. The van der Waals surface area contributed by atoms with Gasteiger partial charge in [-0.3, -0.25) is 9.48 Å². The third-order valence-corrected chi connectivity index (χ3v) is 1.74. The summed E-state index contributed by atoms with van der Waals surface area (Å²) in [5.41, 5.74) is 0.207. The van der Waals surface area contributed by atoms with Gasteiger partial charge in [-0.25, -0.2) is 4.79 Å². The van der Waals surface area contributed by atoms with Crippen molar-refractivity contribution < 1.29 is 14.7 Å². The first-order valence-corrected chi connectivity index (χ1v) is 4.11. The molecule has 0 unspecified atom stereocenters. The topological polar surface area (TPSA) is 84.2 Å². The van der Waals surface area contributed by atoms with Gasteiger partial charge in [-0.1, -0.05) is 6.92 Å². The van der Waals surface area contributed by atoms with E-state index in [1.807, 2.05) is 0 Å². The number of nitrogens with one attached hydrogen (secondary N) is 1. The monoisotopic (exact) mass is 197 g/mol. The zero-order valence-corrected chi connectivity index (χ0v) is 7.94. The molecular weight excluding hydrogens is 186 g/mol. The summed E-state index contributed by atoms with van der Waals surface area (Å²) in [6, 6.07) is 0. The van der Waals surface area contributed by atoms with Crippen LogP contribution in [0.3, 0.4) is 0 Å². The third kappa shape index (κ3) is 1.90. The molecule has 6 heteroatoms. The lowest BCUT2D eigenvalue weighted by molar-refractivity contribution is -0.115. The van der Waals surface area contributed by atoms with Crippen LogP contribution in [0.25, 0.3) is 0 Å². The number of rotatable bonds is 3. The smallest absolute Gasteiger partial charge is 0.356 e. The molecule has 0 aliphatic heterocycles. The maximum atomic E-state index is 11.0. The van der Waals surface area contributed by atoms with Crippen LogP contribution in [0.15, 0.2) is 6.20 Å². The molecule has 0 aliphatic carbocycles. The van der Waals surface area contributed by atoms with E-state index in [2.05, 4.69) is 10.4 Å². The van der Waals surface area contributed by atoms with Gasteiger partial charge in [-0.2, -0.15) is 5.10 Å². The molecule has 1 heterocycles. The molecule has 1 amide bonds. The zero-order valence-electron chi connectivity index (χ0n) is 7.94. The van der Waals surface area contributed by atoms with Gasteiger partial charge in [-0.05, 0) is 0 Å². The Kier molecular flexibility index (Phi) is 2.85. The summed E-state index contributed by atoms with van der Waals surface area (Å²) >= 11 is 0. The summed E-state index contributed by atoms with van der Waals surface area (Å²) in [5, 5.41) is 15.0. The van der Waals surface area contributed by atoms with Crippen molar-refractivity contribution in [2.24, 2.45) is 7.05 Å². The fraction of sp³-hybridized carbons (Fsp3) is 0.375. The second kappa shape index (κ2) is 3.91. The summed E-state index contributed by atoms with van der Waals surface area (Å²) in [5.74, 6) is -1.35. The van der Waals surface area contributed by atoms with Gasteiger partial charge in [0.25, 0.3) is 0 Å². The van der Waals surface area contributed by atoms with Gasteiger partial charge in [0.2, 0.25) is 5.91 Å². The Hall–Kier alpha value is -1.85. The van der Waals surface area contributed by atoms with Crippen LogP contribution in [0.5, 0.6) is 0 Å². The number of carbonyl (C=O) groups excluding carboxylic acids is 1. The van der Waals surface area contributed by atoms with Gasteiger partial charge in [0.15, 0.2) is 5.69 Å². The molecule has 0 aromatic carbocycles. The van der Waals surface area contributed by atoms with E-state index in [0.29, 0.717) is 6.42 Å². The number of hydrogen-bond acceptors (Lipinski definition) is 3. The van der Waals surface area contributed by atoms with Gasteiger partial charge in [0, 0.05) is 13.5 Å². The second-order valence-electron chi connectivity index (χ2n) is 2.74. The van der Waals surface area contributed by atoms with Gasteiger partial charge in [0.05, 0.1) is 11.9 Å². The number of aromatic nitrogens is 2. The molecular formula is C8H11N3O3. The molecule has 76 valence electrons. The second-order valence-corrected chi connectivity index (χ2v) is 2.74. The van der Waals surface area contributed by atoms with Crippen LogP contribution in [-0.2, 0) is 11.8 Å². The Morgan fingerprint density at radius 2 is 2.29 bits per heavy atom. The number of anilines is 1. The number of carbonyl (C=O) groups is 2. The number of carboxylic acids is 1. The molecule has 0 bridgehead atoms. The SMILES string of the molecule is CCC(=O)Nc1cnn(C)c1C(=O)O. The molecule has 0 spiro atoms. The summed E-state index contributed by atoms with van der Waals surface area (Å²) in [6.45, 7) is 1.69. The van der Waals surface area contributed by atoms with Crippen molar-refractivity contribution in [1.82, 2.24) is 9.78 Å². The van der Waals surface area contributed by atoms with Crippen LogP contribution >= 0.6 is 0 Å². The average Bonchev–Trinajstić information content (AvgIpc) is 2.46. The molecule has 0 saturated heterocycles.